The molecule has 2 unspecified atom stereocenters. The molecule has 12 heteroatoms. The molecule has 0 aromatic rings. The molecule has 1 amide bonds. The zero-order valence-corrected chi connectivity index (χ0v) is 22.7. The number of methoxy groups -OCH3 is 2. The van der Waals surface area contributed by atoms with Crippen LogP contribution in [0.1, 0.15) is 57.8 Å². The largest absolute Gasteiger partial charge is 0.756 e. The molecule has 2 atom stereocenters. The summed E-state index contributed by atoms with van der Waals surface area (Å²) in [6.07, 6.45) is 7.40. The molecular weight excluding hydrogens is 481 g/mol. The van der Waals surface area contributed by atoms with Crippen LogP contribution in [0, 0.1) is 0 Å². The van der Waals surface area contributed by atoms with Crippen molar-refractivity contribution in [3.8, 4) is 0 Å². The van der Waals surface area contributed by atoms with Gasteiger partial charge in [0.05, 0.1) is 46.2 Å². The fourth-order valence-electron chi connectivity index (χ4n) is 2.98. The van der Waals surface area contributed by atoms with Gasteiger partial charge in [-0.05, 0) is 25.7 Å². The van der Waals surface area contributed by atoms with Crippen molar-refractivity contribution in [2.45, 2.75) is 63.9 Å². The van der Waals surface area contributed by atoms with Crippen molar-refractivity contribution in [2.75, 3.05) is 80.7 Å². The Morgan fingerprint density at radius 1 is 0.771 bits per heavy atom. The lowest BCUT2D eigenvalue weighted by atomic mass is 10.1. The van der Waals surface area contributed by atoms with E-state index in [-0.39, 0.29) is 18.6 Å². The van der Waals surface area contributed by atoms with Crippen LogP contribution in [0.4, 0.5) is 0 Å². The van der Waals surface area contributed by atoms with E-state index in [0.29, 0.717) is 65.6 Å². The van der Waals surface area contributed by atoms with Gasteiger partial charge in [0.15, 0.2) is 0 Å². The number of rotatable bonds is 27. The maximum atomic E-state index is 11.9. The quantitative estimate of drug-likeness (QED) is 0.125. The summed E-state index contributed by atoms with van der Waals surface area (Å²) in [6, 6.07) is 0. The van der Waals surface area contributed by atoms with Crippen LogP contribution in [0.5, 0.6) is 0 Å². The van der Waals surface area contributed by atoms with Crippen molar-refractivity contribution < 1.29 is 47.0 Å². The Balaban J connectivity index is 3.57. The van der Waals surface area contributed by atoms with Gasteiger partial charge in [-0.15, -0.1) is 0 Å². The number of nitrogens with one attached hydrogen (secondary N) is 1. The van der Waals surface area contributed by atoms with Crippen LogP contribution in [0.2, 0.25) is 0 Å². The number of hydrogen-bond acceptors (Lipinski definition) is 10. The Bertz CT molecular complexity index is 527. The Kier molecular flexibility index (Phi) is 24.6. The SMILES string of the molecule is COCCOCC(COCCCCCCC(=O)NCCCCCCOP(=O)([O-])OC)OCCOC. The molecule has 0 aliphatic carbocycles. The number of phosphoric ester groups is 1. The summed E-state index contributed by atoms with van der Waals surface area (Å²) in [6.45, 7) is 4.43. The normalized spacial score (nSPS) is 14.1. The predicted octanol–water partition coefficient (Wildman–Crippen LogP) is 2.46. The van der Waals surface area contributed by atoms with Crippen molar-refractivity contribution in [3.63, 3.8) is 0 Å². The molecule has 0 aliphatic heterocycles. The first-order valence-corrected chi connectivity index (χ1v) is 13.9. The highest BCUT2D eigenvalue weighted by atomic mass is 31.2. The van der Waals surface area contributed by atoms with Crippen LogP contribution < -0.4 is 10.2 Å². The second-order valence-electron chi connectivity index (χ2n) is 8.02. The third kappa shape index (κ3) is 24.8. The van der Waals surface area contributed by atoms with Gasteiger partial charge < -0.3 is 42.9 Å². The fraction of sp³-hybridized carbons (Fsp3) is 0.957. The molecule has 0 fully saturated rings. The van der Waals surface area contributed by atoms with Crippen LogP contribution in [-0.4, -0.2) is 92.7 Å². The van der Waals surface area contributed by atoms with Gasteiger partial charge in [-0.25, -0.2) is 0 Å². The molecule has 1 N–H and O–H groups in total. The highest BCUT2D eigenvalue weighted by Crippen LogP contribution is 2.36. The van der Waals surface area contributed by atoms with Crippen molar-refractivity contribution in [1.29, 1.82) is 0 Å². The summed E-state index contributed by atoms with van der Waals surface area (Å²) >= 11 is 0. The molecule has 0 radical (unpaired) electrons. The minimum absolute atomic E-state index is 0.0708. The van der Waals surface area contributed by atoms with Crippen LogP contribution in [0.15, 0.2) is 0 Å². The summed E-state index contributed by atoms with van der Waals surface area (Å²) < 4.78 is 46.8. The number of carbonyl (C=O) groups excluding carboxylic acids is 1. The molecule has 0 aromatic carbocycles. The van der Waals surface area contributed by atoms with Gasteiger partial charge in [-0.1, -0.05) is 25.7 Å². The molecular formula is C23H47NO10P-. The van der Waals surface area contributed by atoms with Gasteiger partial charge in [0.1, 0.15) is 6.10 Å². The molecule has 35 heavy (non-hydrogen) atoms. The summed E-state index contributed by atoms with van der Waals surface area (Å²) in [7, 11) is 0.232. The van der Waals surface area contributed by atoms with Crippen molar-refractivity contribution >= 4 is 13.7 Å². The molecule has 0 rings (SSSR count). The number of ether oxygens (including phenoxy) is 5. The lowest BCUT2D eigenvalue weighted by molar-refractivity contribution is -0.223. The van der Waals surface area contributed by atoms with E-state index >= 15 is 0 Å². The first kappa shape index (κ1) is 34.4. The predicted molar refractivity (Wildman–Crippen MR) is 130 cm³/mol. The van der Waals surface area contributed by atoms with Gasteiger partial charge in [-0.2, -0.15) is 0 Å². The summed E-state index contributed by atoms with van der Waals surface area (Å²) in [4.78, 5) is 22.9. The third-order valence-electron chi connectivity index (χ3n) is 4.99. The molecule has 0 heterocycles. The van der Waals surface area contributed by atoms with Crippen molar-refractivity contribution in [1.82, 2.24) is 5.32 Å². The lowest BCUT2D eigenvalue weighted by Gasteiger charge is -2.19. The Hall–Kier alpha value is -0.620. The topological polar surface area (TPSA) is 134 Å². The number of phosphoric acid groups is 1. The van der Waals surface area contributed by atoms with E-state index in [9.17, 15) is 14.3 Å². The van der Waals surface area contributed by atoms with Gasteiger partial charge in [0, 0.05) is 40.9 Å². The maximum Gasteiger partial charge on any atom is 0.267 e. The summed E-state index contributed by atoms with van der Waals surface area (Å²) in [5, 5.41) is 2.92. The molecule has 0 aromatic heterocycles. The van der Waals surface area contributed by atoms with Crippen LogP contribution in [-0.2, 0) is 42.1 Å². The fourth-order valence-corrected chi connectivity index (χ4v) is 3.44. The van der Waals surface area contributed by atoms with E-state index in [0.717, 1.165) is 52.1 Å². The van der Waals surface area contributed by atoms with Gasteiger partial charge >= 0.3 is 0 Å². The van der Waals surface area contributed by atoms with Gasteiger partial charge in [0.25, 0.3) is 7.82 Å². The zero-order chi connectivity index (χ0) is 26.0. The highest BCUT2D eigenvalue weighted by molar-refractivity contribution is 7.45. The van der Waals surface area contributed by atoms with E-state index in [1.165, 1.54) is 0 Å². The number of unbranched alkanes of at least 4 members (excludes halogenated alkanes) is 6. The average Bonchev–Trinajstić information content (AvgIpc) is 2.84. The second-order valence-corrected chi connectivity index (χ2v) is 9.54. The second kappa shape index (κ2) is 25.0. The Morgan fingerprint density at radius 3 is 2.06 bits per heavy atom. The van der Waals surface area contributed by atoms with Crippen LogP contribution in [0.3, 0.4) is 0 Å². The van der Waals surface area contributed by atoms with E-state index in [1.54, 1.807) is 14.2 Å². The van der Waals surface area contributed by atoms with Gasteiger partial charge in [-0.3, -0.25) is 9.36 Å². The monoisotopic (exact) mass is 528 g/mol. The molecule has 0 saturated heterocycles. The molecule has 210 valence electrons. The van der Waals surface area contributed by atoms with Crippen molar-refractivity contribution in [3.05, 3.63) is 0 Å². The van der Waals surface area contributed by atoms with E-state index in [2.05, 4.69) is 14.4 Å². The Morgan fingerprint density at radius 2 is 1.37 bits per heavy atom. The third-order valence-corrected chi connectivity index (χ3v) is 5.94. The minimum atomic E-state index is -4.12. The number of carbonyl (C=O) groups is 1. The lowest BCUT2D eigenvalue weighted by Crippen LogP contribution is -2.28. The van der Waals surface area contributed by atoms with Crippen LogP contribution >= 0.6 is 7.82 Å². The first-order chi connectivity index (χ1) is 16.9. The number of amides is 1. The van der Waals surface area contributed by atoms with Crippen LogP contribution in [0.25, 0.3) is 0 Å². The summed E-state index contributed by atoms with van der Waals surface area (Å²) in [5.41, 5.74) is 0. The first-order valence-electron chi connectivity index (χ1n) is 12.5. The van der Waals surface area contributed by atoms with E-state index in [1.807, 2.05) is 0 Å². The minimum Gasteiger partial charge on any atom is -0.756 e. The molecule has 0 bridgehead atoms. The maximum absolute atomic E-state index is 11.9. The van der Waals surface area contributed by atoms with Gasteiger partial charge in [0.2, 0.25) is 5.91 Å². The number of hydrogen-bond donors (Lipinski definition) is 1. The molecule has 0 aliphatic rings. The highest BCUT2D eigenvalue weighted by Gasteiger charge is 2.10. The molecule has 0 spiro atoms. The summed E-state index contributed by atoms with van der Waals surface area (Å²) in [5.74, 6) is 0.0708. The Labute approximate surface area is 211 Å². The van der Waals surface area contributed by atoms with E-state index in [4.69, 9.17) is 23.7 Å². The van der Waals surface area contributed by atoms with Crippen molar-refractivity contribution in [2.24, 2.45) is 0 Å². The standard InChI is InChI=1S/C23H48NO10P/c1-28-16-18-32-21-22(33-19-17-29-2)20-31-14-10-6-4-8-12-23(25)24-13-9-5-7-11-15-34-35(26,27)30-3/h22H,4-21H2,1-3H3,(H,24,25)(H,26,27)/p-1. The van der Waals surface area contributed by atoms with E-state index < -0.39 is 7.82 Å². The molecule has 0 saturated carbocycles. The molecule has 11 nitrogen and oxygen atoms in total. The smallest absolute Gasteiger partial charge is 0.267 e. The average molecular weight is 529 g/mol. The zero-order valence-electron chi connectivity index (χ0n) is 21.8.